The van der Waals surface area contributed by atoms with E-state index in [4.69, 9.17) is 4.74 Å². The first-order valence-corrected chi connectivity index (χ1v) is 12.4. The monoisotopic (exact) mass is 516 g/mol. The first-order valence-electron chi connectivity index (χ1n) is 12.4. The van der Waals surface area contributed by atoms with E-state index < -0.39 is 17.4 Å². The van der Waals surface area contributed by atoms with Crippen molar-refractivity contribution in [3.05, 3.63) is 97.2 Å². The number of phenolic OH excluding ortho intramolecular Hbond substituents is 2. The SMILES string of the molecule is COC(=O)C[C@@H](c1c(O)cc(C)n(CCc2ccc(O)c(O)c2)c1=O)c1cc2cccc3c2n(c1=O)CC3. The number of hydrogen-bond acceptors (Lipinski definition) is 7. The second-order valence-corrected chi connectivity index (χ2v) is 9.61. The summed E-state index contributed by atoms with van der Waals surface area (Å²) in [7, 11) is 1.23. The van der Waals surface area contributed by atoms with Gasteiger partial charge >= 0.3 is 5.97 Å². The Balaban J connectivity index is 1.64. The Kier molecular flexibility index (Phi) is 6.44. The van der Waals surface area contributed by atoms with Crippen molar-refractivity contribution in [2.24, 2.45) is 0 Å². The zero-order chi connectivity index (χ0) is 27.1. The standard InChI is InChI=1S/C29H28N2O7/c1-16-12-24(34)26(29(37)30(16)10-8-17-6-7-22(32)23(33)13-17)20(15-25(35)38-2)21-14-19-5-3-4-18-9-11-31(27(18)19)28(21)36/h3-7,12-14,20,32-34H,8-11,15H2,1-2H3/t20-/m1/s1. The first-order chi connectivity index (χ1) is 18.2. The van der Waals surface area contributed by atoms with Gasteiger partial charge in [0.25, 0.3) is 11.1 Å². The summed E-state index contributed by atoms with van der Waals surface area (Å²) in [5, 5.41) is 31.2. The maximum atomic E-state index is 13.8. The van der Waals surface area contributed by atoms with Gasteiger partial charge < -0.3 is 29.2 Å². The lowest BCUT2D eigenvalue weighted by atomic mass is 9.88. The minimum Gasteiger partial charge on any atom is -0.507 e. The third-order valence-electron chi connectivity index (χ3n) is 7.34. The molecule has 0 amide bonds. The largest absolute Gasteiger partial charge is 0.507 e. The number of aryl methyl sites for hydroxylation is 4. The van der Waals surface area contributed by atoms with E-state index >= 15 is 0 Å². The molecule has 5 rings (SSSR count). The van der Waals surface area contributed by atoms with Crippen LogP contribution in [0.1, 0.15) is 40.3 Å². The lowest BCUT2D eigenvalue weighted by molar-refractivity contribution is -0.140. The van der Waals surface area contributed by atoms with Gasteiger partial charge in [-0.2, -0.15) is 0 Å². The van der Waals surface area contributed by atoms with E-state index in [2.05, 4.69) is 0 Å². The summed E-state index contributed by atoms with van der Waals surface area (Å²) < 4.78 is 8.04. The van der Waals surface area contributed by atoms with Crippen LogP contribution in [0.2, 0.25) is 0 Å². The molecule has 0 aliphatic carbocycles. The van der Waals surface area contributed by atoms with Gasteiger partial charge in [-0.25, -0.2) is 0 Å². The number of hydrogen-bond donors (Lipinski definition) is 3. The average Bonchev–Trinajstić information content (AvgIpc) is 3.33. The predicted octanol–water partition coefficient (Wildman–Crippen LogP) is 3.08. The maximum absolute atomic E-state index is 13.8. The van der Waals surface area contributed by atoms with E-state index in [-0.39, 0.29) is 46.9 Å². The number of para-hydroxylation sites is 1. The Morgan fingerprint density at radius 3 is 2.53 bits per heavy atom. The molecule has 9 heteroatoms. The highest BCUT2D eigenvalue weighted by molar-refractivity contribution is 5.84. The number of esters is 1. The molecular formula is C29H28N2O7. The fourth-order valence-electron chi connectivity index (χ4n) is 5.40. The Hall–Kier alpha value is -4.53. The number of aromatic nitrogens is 2. The number of phenols is 2. The number of pyridine rings is 2. The van der Waals surface area contributed by atoms with Gasteiger partial charge in [0.15, 0.2) is 11.5 Å². The van der Waals surface area contributed by atoms with E-state index in [9.17, 15) is 29.7 Å². The molecule has 2 aromatic carbocycles. The van der Waals surface area contributed by atoms with E-state index in [0.717, 1.165) is 16.5 Å². The molecule has 1 aliphatic heterocycles. The van der Waals surface area contributed by atoms with Crippen LogP contribution in [0.3, 0.4) is 0 Å². The first kappa shape index (κ1) is 25.1. The third kappa shape index (κ3) is 4.30. The Morgan fingerprint density at radius 2 is 1.79 bits per heavy atom. The fraction of sp³-hybridized carbons (Fsp3) is 0.276. The zero-order valence-corrected chi connectivity index (χ0v) is 21.1. The van der Waals surface area contributed by atoms with Crippen molar-refractivity contribution in [2.75, 3.05) is 7.11 Å². The lowest BCUT2D eigenvalue weighted by Crippen LogP contribution is -2.32. The summed E-state index contributed by atoms with van der Waals surface area (Å²) in [5.41, 5.74) is 2.47. The normalized spacial score (nSPS) is 13.1. The molecule has 0 unspecified atom stereocenters. The highest BCUT2D eigenvalue weighted by Crippen LogP contribution is 2.34. The molecule has 2 aromatic heterocycles. The highest BCUT2D eigenvalue weighted by atomic mass is 16.5. The molecule has 38 heavy (non-hydrogen) atoms. The minimum atomic E-state index is -1.02. The third-order valence-corrected chi connectivity index (χ3v) is 7.34. The molecule has 0 bridgehead atoms. The van der Waals surface area contributed by atoms with Crippen molar-refractivity contribution in [2.45, 2.75) is 45.2 Å². The van der Waals surface area contributed by atoms with Gasteiger partial charge in [0.05, 0.1) is 24.6 Å². The van der Waals surface area contributed by atoms with Crippen LogP contribution in [0.25, 0.3) is 10.9 Å². The molecule has 4 aromatic rings. The van der Waals surface area contributed by atoms with Crippen LogP contribution < -0.4 is 11.1 Å². The molecular weight excluding hydrogens is 488 g/mol. The van der Waals surface area contributed by atoms with Crippen molar-refractivity contribution in [3.63, 3.8) is 0 Å². The smallest absolute Gasteiger partial charge is 0.306 e. The van der Waals surface area contributed by atoms with Crippen molar-refractivity contribution in [1.82, 2.24) is 9.13 Å². The number of ether oxygens (including phenoxy) is 1. The molecule has 0 spiro atoms. The van der Waals surface area contributed by atoms with Gasteiger partial charge in [-0.1, -0.05) is 24.3 Å². The summed E-state index contributed by atoms with van der Waals surface area (Å²) in [6.45, 7) is 2.39. The van der Waals surface area contributed by atoms with Crippen molar-refractivity contribution < 1.29 is 24.9 Å². The highest BCUT2D eigenvalue weighted by Gasteiger charge is 2.30. The Labute approximate surface area is 217 Å². The molecule has 1 aliphatic rings. The van der Waals surface area contributed by atoms with Gasteiger partial charge in [-0.15, -0.1) is 0 Å². The fourth-order valence-corrected chi connectivity index (χ4v) is 5.40. The number of carbonyl (C=O) groups is 1. The second-order valence-electron chi connectivity index (χ2n) is 9.61. The number of aromatic hydroxyl groups is 3. The van der Waals surface area contributed by atoms with Gasteiger partial charge in [-0.05, 0) is 60.5 Å². The van der Waals surface area contributed by atoms with Gasteiger partial charge in [0.2, 0.25) is 0 Å². The van der Waals surface area contributed by atoms with Crippen LogP contribution in [0.5, 0.6) is 17.2 Å². The van der Waals surface area contributed by atoms with Gasteiger partial charge in [0.1, 0.15) is 5.75 Å². The van der Waals surface area contributed by atoms with Crippen LogP contribution in [0.15, 0.2) is 58.1 Å². The number of nitrogens with zero attached hydrogens (tertiary/aromatic N) is 2. The molecule has 9 nitrogen and oxygen atoms in total. The lowest BCUT2D eigenvalue weighted by Gasteiger charge is -2.21. The van der Waals surface area contributed by atoms with E-state index in [1.165, 1.54) is 29.9 Å². The van der Waals surface area contributed by atoms with Crippen LogP contribution >= 0.6 is 0 Å². The molecule has 3 N–H and O–H groups in total. The summed E-state index contributed by atoms with van der Waals surface area (Å²) >= 11 is 0. The van der Waals surface area contributed by atoms with E-state index in [1.807, 2.05) is 18.2 Å². The summed E-state index contributed by atoms with van der Waals surface area (Å²) in [6.07, 6.45) is 0.772. The topological polar surface area (TPSA) is 131 Å². The predicted molar refractivity (Wildman–Crippen MR) is 141 cm³/mol. The van der Waals surface area contributed by atoms with Crippen molar-refractivity contribution in [3.8, 4) is 17.2 Å². The summed E-state index contributed by atoms with van der Waals surface area (Å²) in [4.78, 5) is 40.0. The number of benzene rings is 2. The van der Waals surface area contributed by atoms with Crippen molar-refractivity contribution in [1.29, 1.82) is 0 Å². The molecule has 0 fully saturated rings. The molecule has 1 atom stereocenters. The molecule has 0 saturated heterocycles. The minimum absolute atomic E-state index is 0.0482. The van der Waals surface area contributed by atoms with E-state index in [0.29, 0.717) is 30.6 Å². The van der Waals surface area contributed by atoms with Crippen LogP contribution in [0, 0.1) is 6.92 Å². The number of rotatable bonds is 7. The van der Waals surface area contributed by atoms with Crippen LogP contribution in [-0.2, 0) is 35.5 Å². The average molecular weight is 517 g/mol. The molecule has 0 saturated carbocycles. The molecule has 196 valence electrons. The van der Waals surface area contributed by atoms with Gasteiger partial charge in [-0.3, -0.25) is 14.4 Å². The summed E-state index contributed by atoms with van der Waals surface area (Å²) in [5.74, 6) is -2.44. The Morgan fingerprint density at radius 1 is 1.00 bits per heavy atom. The van der Waals surface area contributed by atoms with Crippen LogP contribution in [0.4, 0.5) is 0 Å². The summed E-state index contributed by atoms with van der Waals surface area (Å²) in [6, 6.07) is 13.4. The Bertz CT molecular complexity index is 1700. The van der Waals surface area contributed by atoms with Crippen molar-refractivity contribution >= 4 is 16.9 Å². The second kappa shape index (κ2) is 9.74. The molecule has 3 heterocycles. The number of carbonyl (C=O) groups excluding carboxylic acids is 1. The quantitative estimate of drug-likeness (QED) is 0.254. The van der Waals surface area contributed by atoms with E-state index in [1.54, 1.807) is 23.6 Å². The van der Waals surface area contributed by atoms with Crippen LogP contribution in [-0.4, -0.2) is 37.5 Å². The maximum Gasteiger partial charge on any atom is 0.306 e. The number of methoxy groups -OCH3 is 1. The zero-order valence-electron chi connectivity index (χ0n) is 21.1. The van der Waals surface area contributed by atoms with Gasteiger partial charge in [0, 0.05) is 30.3 Å². The molecule has 0 radical (unpaired) electrons.